The van der Waals surface area contributed by atoms with E-state index < -0.39 is 0 Å². The van der Waals surface area contributed by atoms with Gasteiger partial charge in [0.05, 0.1) is 18.1 Å². The highest BCUT2D eigenvalue weighted by molar-refractivity contribution is 6.05. The maximum Gasteiger partial charge on any atom is 0.274 e. The molecule has 3 aromatic rings. The first kappa shape index (κ1) is 17.3. The van der Waals surface area contributed by atoms with E-state index in [0.717, 1.165) is 12.2 Å². The molecule has 1 aliphatic rings. The summed E-state index contributed by atoms with van der Waals surface area (Å²) in [7, 11) is 3.37. The van der Waals surface area contributed by atoms with Crippen molar-refractivity contribution in [2.24, 2.45) is 7.05 Å². The van der Waals surface area contributed by atoms with Crippen LogP contribution in [0.5, 0.6) is 5.75 Å². The molecule has 0 spiro atoms. The summed E-state index contributed by atoms with van der Waals surface area (Å²) >= 11 is 0. The Morgan fingerprint density at radius 3 is 2.74 bits per heavy atom. The Labute approximate surface area is 156 Å². The fourth-order valence-electron chi connectivity index (χ4n) is 3.82. The van der Waals surface area contributed by atoms with Crippen LogP contribution >= 0.6 is 0 Å². The van der Waals surface area contributed by atoms with Crippen LogP contribution in [0.1, 0.15) is 34.0 Å². The van der Waals surface area contributed by atoms with Crippen molar-refractivity contribution in [1.82, 2.24) is 19.7 Å². The van der Waals surface area contributed by atoms with Crippen LogP contribution in [0.2, 0.25) is 0 Å². The first-order valence-corrected chi connectivity index (χ1v) is 8.97. The maximum atomic E-state index is 13.2. The van der Waals surface area contributed by atoms with Crippen LogP contribution in [0.4, 0.5) is 0 Å². The van der Waals surface area contributed by atoms with E-state index in [1.807, 2.05) is 36.1 Å². The van der Waals surface area contributed by atoms with Gasteiger partial charge >= 0.3 is 0 Å². The van der Waals surface area contributed by atoms with Gasteiger partial charge in [-0.2, -0.15) is 0 Å². The second kappa shape index (κ2) is 6.57. The number of rotatable bonds is 3. The number of ether oxygens (including phenoxy) is 1. The lowest BCUT2D eigenvalue weighted by Crippen LogP contribution is -2.29. The minimum absolute atomic E-state index is 0.113. The van der Waals surface area contributed by atoms with Crippen molar-refractivity contribution in [3.63, 3.8) is 0 Å². The number of benzene rings is 1. The molecule has 1 fully saturated rings. The third-order valence-electron chi connectivity index (χ3n) is 5.24. The van der Waals surface area contributed by atoms with Crippen LogP contribution in [0.15, 0.2) is 35.1 Å². The largest absolute Gasteiger partial charge is 0.497 e. The molecule has 27 heavy (non-hydrogen) atoms. The van der Waals surface area contributed by atoms with Gasteiger partial charge in [-0.3, -0.25) is 19.4 Å². The summed E-state index contributed by atoms with van der Waals surface area (Å²) in [4.78, 5) is 31.7. The van der Waals surface area contributed by atoms with Crippen molar-refractivity contribution >= 4 is 16.9 Å². The predicted molar refractivity (Wildman–Crippen MR) is 102 cm³/mol. The number of aryl methyl sites for hydroxylation is 2. The number of nitrogens with zero attached hydrogens (tertiary/aromatic N) is 3. The Hall–Kier alpha value is -3.09. The van der Waals surface area contributed by atoms with E-state index in [2.05, 4.69) is 10.1 Å². The first-order valence-electron chi connectivity index (χ1n) is 8.97. The van der Waals surface area contributed by atoms with Crippen LogP contribution < -0.4 is 10.3 Å². The topological polar surface area (TPSA) is 80.2 Å². The molecule has 2 aromatic heterocycles. The van der Waals surface area contributed by atoms with Gasteiger partial charge in [0.15, 0.2) is 5.65 Å². The third kappa shape index (κ3) is 2.99. The number of hydrogen-bond acceptors (Lipinski definition) is 4. The highest BCUT2D eigenvalue weighted by atomic mass is 16.5. The lowest BCUT2D eigenvalue weighted by molar-refractivity contribution is 0.0792. The number of H-pyrrole nitrogens is 1. The molecule has 7 nitrogen and oxygen atoms in total. The van der Waals surface area contributed by atoms with Gasteiger partial charge in [0.1, 0.15) is 5.75 Å². The Bertz CT molecular complexity index is 1070. The van der Waals surface area contributed by atoms with Gasteiger partial charge < -0.3 is 9.64 Å². The highest BCUT2D eigenvalue weighted by Crippen LogP contribution is 2.30. The fraction of sp³-hybridized carbons (Fsp3) is 0.350. The Morgan fingerprint density at radius 1 is 1.30 bits per heavy atom. The zero-order valence-corrected chi connectivity index (χ0v) is 15.7. The van der Waals surface area contributed by atoms with E-state index in [-0.39, 0.29) is 17.4 Å². The van der Waals surface area contributed by atoms with Gasteiger partial charge in [0.25, 0.3) is 11.5 Å². The molecule has 1 atom stereocenters. The number of methoxy groups -OCH3 is 1. The van der Waals surface area contributed by atoms with Gasteiger partial charge in [-0.1, -0.05) is 12.1 Å². The normalized spacial score (nSPS) is 16.9. The number of nitrogens with one attached hydrogen (secondary N) is 1. The highest BCUT2D eigenvalue weighted by Gasteiger charge is 2.30. The summed E-state index contributed by atoms with van der Waals surface area (Å²) < 4.78 is 6.77. The average Bonchev–Trinajstić information content (AvgIpc) is 3.26. The molecule has 0 unspecified atom stereocenters. The van der Waals surface area contributed by atoms with Crippen LogP contribution in [-0.2, 0) is 7.05 Å². The van der Waals surface area contributed by atoms with Gasteiger partial charge in [-0.15, -0.1) is 0 Å². The van der Waals surface area contributed by atoms with Crippen LogP contribution in [0.25, 0.3) is 11.0 Å². The first-order chi connectivity index (χ1) is 13.0. The molecule has 1 amide bonds. The summed E-state index contributed by atoms with van der Waals surface area (Å²) in [5, 5.41) is 3.05. The second-order valence-corrected chi connectivity index (χ2v) is 7.02. The predicted octanol–water partition coefficient (Wildman–Crippen LogP) is 2.21. The van der Waals surface area contributed by atoms with E-state index in [0.29, 0.717) is 35.4 Å². The van der Waals surface area contributed by atoms with Gasteiger partial charge in [-0.05, 0) is 37.1 Å². The molecule has 3 heterocycles. The number of pyridine rings is 1. The number of fused-ring (bicyclic) bond motifs is 1. The van der Waals surface area contributed by atoms with Crippen LogP contribution in [0.3, 0.4) is 0 Å². The monoisotopic (exact) mass is 366 g/mol. The molecular weight excluding hydrogens is 344 g/mol. The number of aromatic nitrogens is 3. The van der Waals surface area contributed by atoms with Gasteiger partial charge in [0.2, 0.25) is 0 Å². The maximum absolute atomic E-state index is 13.2. The smallest absolute Gasteiger partial charge is 0.274 e. The molecule has 0 aliphatic carbocycles. The van der Waals surface area contributed by atoms with Gasteiger partial charge in [0, 0.05) is 31.7 Å². The number of aromatic amines is 1. The summed E-state index contributed by atoms with van der Waals surface area (Å²) in [6.45, 7) is 3.14. The van der Waals surface area contributed by atoms with E-state index in [1.54, 1.807) is 24.9 Å². The van der Waals surface area contributed by atoms with Crippen molar-refractivity contribution in [2.75, 3.05) is 20.2 Å². The standard InChI is InChI=1S/C20H22N4O3/c1-12-10-16(17-18(21-12)23(2)22-19(17)25)20(26)24-9-8-14(11-24)13-4-6-15(27-3)7-5-13/h4-7,10,14H,8-9,11H2,1-3H3,(H,22,25)/t14-/m0/s1. The van der Waals surface area contributed by atoms with Crippen molar-refractivity contribution in [3.05, 3.63) is 57.5 Å². The fourth-order valence-corrected chi connectivity index (χ4v) is 3.82. The number of likely N-dealkylation sites (tertiary alicyclic amines) is 1. The van der Waals surface area contributed by atoms with E-state index >= 15 is 0 Å². The number of carbonyl (C=O) groups is 1. The zero-order chi connectivity index (χ0) is 19.1. The minimum atomic E-state index is -0.283. The molecule has 0 saturated carbocycles. The Balaban J connectivity index is 1.62. The number of amides is 1. The van der Waals surface area contributed by atoms with Crippen molar-refractivity contribution in [3.8, 4) is 5.75 Å². The minimum Gasteiger partial charge on any atom is -0.497 e. The number of hydrogen-bond donors (Lipinski definition) is 1. The zero-order valence-electron chi connectivity index (χ0n) is 15.7. The SMILES string of the molecule is COc1ccc([C@H]2CCN(C(=O)c3cc(C)nc4c3c(=O)[nH]n4C)C2)cc1. The summed E-state index contributed by atoms with van der Waals surface area (Å²) in [6, 6.07) is 9.70. The molecule has 1 aliphatic heterocycles. The average molecular weight is 366 g/mol. The number of carbonyl (C=O) groups excluding carboxylic acids is 1. The quantitative estimate of drug-likeness (QED) is 0.771. The summed E-state index contributed by atoms with van der Waals surface area (Å²) in [5.41, 5.74) is 2.56. The summed E-state index contributed by atoms with van der Waals surface area (Å²) in [6.07, 6.45) is 0.899. The molecular formula is C20H22N4O3. The molecule has 0 bridgehead atoms. The van der Waals surface area contributed by atoms with Crippen LogP contribution in [-0.4, -0.2) is 45.8 Å². The lowest BCUT2D eigenvalue weighted by atomic mass is 9.98. The van der Waals surface area contributed by atoms with Crippen LogP contribution in [0, 0.1) is 6.92 Å². The molecule has 1 N–H and O–H groups in total. The summed E-state index contributed by atoms with van der Waals surface area (Å²) in [5.74, 6) is 0.994. The third-order valence-corrected chi connectivity index (χ3v) is 5.24. The Kier molecular flexibility index (Phi) is 4.22. The molecule has 0 radical (unpaired) electrons. The van der Waals surface area contributed by atoms with Gasteiger partial charge in [-0.25, -0.2) is 4.98 Å². The van der Waals surface area contributed by atoms with Crippen molar-refractivity contribution in [1.29, 1.82) is 0 Å². The molecule has 7 heteroatoms. The van der Waals surface area contributed by atoms with E-state index in [9.17, 15) is 9.59 Å². The Morgan fingerprint density at radius 2 is 2.04 bits per heavy atom. The van der Waals surface area contributed by atoms with E-state index in [4.69, 9.17) is 4.74 Å². The molecule has 140 valence electrons. The molecule has 1 aromatic carbocycles. The second-order valence-electron chi connectivity index (χ2n) is 7.02. The molecule has 1 saturated heterocycles. The van der Waals surface area contributed by atoms with Crippen molar-refractivity contribution < 1.29 is 9.53 Å². The lowest BCUT2D eigenvalue weighted by Gasteiger charge is -2.17. The molecule has 4 rings (SSSR count). The van der Waals surface area contributed by atoms with Crippen molar-refractivity contribution in [2.45, 2.75) is 19.3 Å². The van der Waals surface area contributed by atoms with E-state index in [1.165, 1.54) is 5.56 Å².